The van der Waals surface area contributed by atoms with Crippen molar-refractivity contribution in [3.63, 3.8) is 0 Å². The van der Waals surface area contributed by atoms with Crippen molar-refractivity contribution in [3.8, 4) is 0 Å². The molecule has 2 atom stereocenters. The molecule has 6 heterocycles. The molecule has 5 aliphatic rings. The number of piperidine rings is 1. The molecule has 1 amide bonds. The van der Waals surface area contributed by atoms with E-state index in [-0.39, 0.29) is 23.6 Å². The average Bonchev–Trinajstić information content (AvgIpc) is 3.58. The van der Waals surface area contributed by atoms with Crippen LogP contribution in [0.5, 0.6) is 0 Å². The second kappa shape index (κ2) is 10.0. The van der Waals surface area contributed by atoms with Crippen molar-refractivity contribution in [3.05, 3.63) is 65.4 Å². The van der Waals surface area contributed by atoms with Crippen molar-refractivity contribution in [2.24, 2.45) is 11.1 Å². The Morgan fingerprint density at radius 1 is 0.932 bits per heavy atom. The van der Waals surface area contributed by atoms with Gasteiger partial charge in [-0.05, 0) is 73.1 Å². The van der Waals surface area contributed by atoms with Crippen LogP contribution in [-0.2, 0) is 22.4 Å². The van der Waals surface area contributed by atoms with Crippen LogP contribution in [0.2, 0.25) is 0 Å². The summed E-state index contributed by atoms with van der Waals surface area (Å²) in [6.45, 7) is 3.80. The Bertz CT molecular complexity index is 1770. The van der Waals surface area contributed by atoms with E-state index in [0.29, 0.717) is 19.5 Å². The lowest BCUT2D eigenvalue weighted by atomic mass is 9.73. The number of benzene rings is 2. The summed E-state index contributed by atoms with van der Waals surface area (Å²) in [6.07, 6.45) is 9.26. The predicted molar refractivity (Wildman–Crippen MR) is 169 cm³/mol. The molecule has 4 aliphatic heterocycles. The zero-order valence-electron chi connectivity index (χ0n) is 25.0. The third-order valence-corrected chi connectivity index (χ3v) is 10.8. The quantitative estimate of drug-likeness (QED) is 0.363. The first-order valence-corrected chi connectivity index (χ1v) is 16.2. The molecule has 4 aromatic rings. The highest BCUT2D eigenvalue weighted by atomic mass is 16.5. The van der Waals surface area contributed by atoms with Crippen molar-refractivity contribution in [1.29, 1.82) is 0 Å². The maximum Gasteiger partial charge on any atom is 0.227 e. The molecular weight excluding hydrogens is 552 g/mol. The van der Waals surface area contributed by atoms with Gasteiger partial charge < -0.3 is 25.2 Å². The molecule has 2 aromatic heterocycles. The number of fused-ring (bicyclic) bond motifs is 2. The highest BCUT2D eigenvalue weighted by Gasteiger charge is 2.46. The fraction of sp³-hybridized carbons (Fsp3) is 0.471. The Labute approximate surface area is 256 Å². The van der Waals surface area contributed by atoms with Crippen LogP contribution >= 0.6 is 0 Å². The van der Waals surface area contributed by atoms with E-state index in [0.717, 1.165) is 98.8 Å². The van der Waals surface area contributed by atoms with Gasteiger partial charge in [-0.15, -0.1) is 5.10 Å². The van der Waals surface area contributed by atoms with E-state index in [1.54, 1.807) is 0 Å². The average molecular weight is 591 g/mol. The SMILES string of the molecule is N[C@@H]1c2ccccc2CC12CCN(c1cnc3c(N4CCN5C(=O)CCc6cccc4c65)nn(C4CCCCO4)c3n1)CC2. The summed E-state index contributed by atoms with van der Waals surface area (Å²) in [7, 11) is 0. The normalized spacial score (nSPS) is 24.2. The largest absolute Gasteiger partial charge is 0.356 e. The summed E-state index contributed by atoms with van der Waals surface area (Å²) >= 11 is 0. The molecule has 1 aliphatic carbocycles. The van der Waals surface area contributed by atoms with Crippen molar-refractivity contribution in [2.45, 2.75) is 63.6 Å². The highest BCUT2D eigenvalue weighted by Crippen LogP contribution is 2.51. The Morgan fingerprint density at radius 2 is 1.77 bits per heavy atom. The van der Waals surface area contributed by atoms with E-state index in [9.17, 15) is 4.79 Å². The standard InChI is InChI=1S/C34H38N8O2/c35-31-24-8-2-1-6-23(24)20-34(31)13-15-39(16-14-34)26-21-36-29-32(37-26)42(28-10-3-4-19-44-28)38-33(29)40-17-18-41-27(43)12-11-22-7-5-9-25(40)30(22)41/h1-2,5-9,21,28,31H,3-4,10-20,35H2/t28?,31-/m1/s1. The molecular formula is C34H38N8O2. The summed E-state index contributed by atoms with van der Waals surface area (Å²) in [6, 6.07) is 15.1. The fourth-order valence-corrected chi connectivity index (χ4v) is 8.41. The molecule has 2 fully saturated rings. The maximum atomic E-state index is 12.8. The lowest BCUT2D eigenvalue weighted by molar-refractivity contribution is -0.118. The molecule has 1 spiro atoms. The monoisotopic (exact) mass is 590 g/mol. The maximum absolute atomic E-state index is 12.8. The topological polar surface area (TPSA) is 106 Å². The molecule has 1 unspecified atom stereocenters. The van der Waals surface area contributed by atoms with Gasteiger partial charge in [0.25, 0.3) is 0 Å². The number of carbonyl (C=O) groups is 1. The Morgan fingerprint density at radius 3 is 2.61 bits per heavy atom. The molecule has 0 bridgehead atoms. The summed E-state index contributed by atoms with van der Waals surface area (Å²) in [5, 5.41) is 5.18. The van der Waals surface area contributed by atoms with Crippen LogP contribution in [0, 0.1) is 5.41 Å². The number of hydrogen-bond acceptors (Lipinski definition) is 8. The first kappa shape index (κ1) is 26.4. The van der Waals surface area contributed by atoms with Crippen molar-refractivity contribution in [1.82, 2.24) is 19.7 Å². The molecule has 9 rings (SSSR count). The van der Waals surface area contributed by atoms with Crippen LogP contribution in [0.4, 0.5) is 23.0 Å². The minimum absolute atomic E-state index is 0.0846. The number of anilines is 4. The van der Waals surface area contributed by atoms with Crippen LogP contribution in [0.25, 0.3) is 11.2 Å². The highest BCUT2D eigenvalue weighted by molar-refractivity contribution is 6.03. The summed E-state index contributed by atoms with van der Waals surface area (Å²) in [5.74, 6) is 1.87. The number of ether oxygens (including phenoxy) is 1. The number of nitrogens with two attached hydrogens (primary N) is 1. The lowest BCUT2D eigenvalue weighted by Gasteiger charge is -2.42. The zero-order chi connectivity index (χ0) is 29.4. The van der Waals surface area contributed by atoms with E-state index in [4.69, 9.17) is 25.5 Å². The van der Waals surface area contributed by atoms with E-state index < -0.39 is 0 Å². The van der Waals surface area contributed by atoms with Crippen LogP contribution in [-0.4, -0.2) is 58.4 Å². The van der Waals surface area contributed by atoms with Crippen molar-refractivity contribution < 1.29 is 9.53 Å². The van der Waals surface area contributed by atoms with Crippen LogP contribution in [0.1, 0.15) is 67.5 Å². The third kappa shape index (κ3) is 3.93. The number of para-hydroxylation sites is 1. The molecule has 10 nitrogen and oxygen atoms in total. The predicted octanol–water partition coefficient (Wildman–Crippen LogP) is 4.80. The zero-order valence-corrected chi connectivity index (χ0v) is 25.0. The van der Waals surface area contributed by atoms with Crippen molar-refractivity contribution >= 4 is 40.1 Å². The lowest BCUT2D eigenvalue weighted by Crippen LogP contribution is -2.45. The Hall–Kier alpha value is -4.02. The number of aryl methyl sites for hydroxylation is 1. The second-order valence-corrected chi connectivity index (χ2v) is 13.2. The minimum Gasteiger partial charge on any atom is -0.356 e. The van der Waals surface area contributed by atoms with Gasteiger partial charge >= 0.3 is 0 Å². The molecule has 2 N–H and O–H groups in total. The summed E-state index contributed by atoms with van der Waals surface area (Å²) in [4.78, 5) is 29.7. The van der Waals surface area contributed by atoms with E-state index in [2.05, 4.69) is 52.3 Å². The van der Waals surface area contributed by atoms with Gasteiger partial charge in [0.15, 0.2) is 23.2 Å². The van der Waals surface area contributed by atoms with Crippen LogP contribution < -0.4 is 20.4 Å². The van der Waals surface area contributed by atoms with Crippen LogP contribution in [0.3, 0.4) is 0 Å². The number of nitrogens with zero attached hydrogens (tertiary/aromatic N) is 7. The number of rotatable bonds is 3. The fourth-order valence-electron chi connectivity index (χ4n) is 8.41. The summed E-state index contributed by atoms with van der Waals surface area (Å²) < 4.78 is 8.22. The molecule has 44 heavy (non-hydrogen) atoms. The van der Waals surface area contributed by atoms with Gasteiger partial charge in [0.05, 0.1) is 17.6 Å². The van der Waals surface area contributed by atoms with Gasteiger partial charge in [-0.25, -0.2) is 14.6 Å². The Balaban J connectivity index is 1.07. The van der Waals surface area contributed by atoms with E-state index in [1.807, 2.05) is 15.8 Å². The molecule has 0 saturated carbocycles. The molecule has 2 saturated heterocycles. The van der Waals surface area contributed by atoms with Gasteiger partial charge in [0.2, 0.25) is 5.91 Å². The number of amides is 1. The third-order valence-electron chi connectivity index (χ3n) is 10.8. The van der Waals surface area contributed by atoms with Crippen LogP contribution in [0.15, 0.2) is 48.7 Å². The number of carbonyl (C=O) groups excluding carboxylic acids is 1. The van der Waals surface area contributed by atoms with Gasteiger partial charge in [-0.2, -0.15) is 0 Å². The van der Waals surface area contributed by atoms with Gasteiger partial charge in [-0.3, -0.25) is 4.79 Å². The first-order chi connectivity index (χ1) is 21.6. The molecule has 0 radical (unpaired) electrons. The summed E-state index contributed by atoms with van der Waals surface area (Å²) in [5.41, 5.74) is 14.5. The molecule has 226 valence electrons. The molecule has 2 aromatic carbocycles. The Kier molecular flexibility index (Phi) is 6.00. The van der Waals surface area contributed by atoms with Gasteiger partial charge in [0.1, 0.15) is 5.82 Å². The molecule has 10 heteroatoms. The first-order valence-electron chi connectivity index (χ1n) is 16.2. The number of aromatic nitrogens is 4. The van der Waals surface area contributed by atoms with Crippen molar-refractivity contribution in [2.75, 3.05) is 47.5 Å². The van der Waals surface area contributed by atoms with Gasteiger partial charge in [-0.1, -0.05) is 36.4 Å². The number of hydrogen-bond donors (Lipinski definition) is 1. The second-order valence-electron chi connectivity index (χ2n) is 13.2. The smallest absolute Gasteiger partial charge is 0.227 e. The van der Waals surface area contributed by atoms with E-state index >= 15 is 0 Å². The minimum atomic E-state index is -0.170. The van der Waals surface area contributed by atoms with E-state index in [1.165, 1.54) is 16.7 Å². The van der Waals surface area contributed by atoms with Gasteiger partial charge in [0, 0.05) is 45.2 Å².